The number of aliphatic hydroxyl groups is 1. The lowest BCUT2D eigenvalue weighted by atomic mass is 10.1. The molecule has 1 atom stereocenters. The molecule has 4 heteroatoms. The predicted octanol–water partition coefficient (Wildman–Crippen LogP) is -0.0187. The number of aryl methyl sites for hydroxylation is 2. The molecular formula is C8H15N3O. The summed E-state index contributed by atoms with van der Waals surface area (Å²) in [7, 11) is 3.70. The van der Waals surface area contributed by atoms with Crippen molar-refractivity contribution in [3.63, 3.8) is 0 Å². The van der Waals surface area contributed by atoms with Crippen molar-refractivity contribution in [2.45, 2.75) is 13.0 Å². The third-order valence-corrected chi connectivity index (χ3v) is 1.96. The van der Waals surface area contributed by atoms with E-state index in [1.165, 1.54) is 0 Å². The van der Waals surface area contributed by atoms with Gasteiger partial charge < -0.3 is 10.4 Å². The number of nitrogens with one attached hydrogen (secondary N) is 1. The smallest absolute Gasteiger partial charge is 0.0642 e. The van der Waals surface area contributed by atoms with Crippen LogP contribution in [0.5, 0.6) is 0 Å². The molecule has 0 fully saturated rings. The van der Waals surface area contributed by atoms with Crippen LogP contribution < -0.4 is 5.32 Å². The quantitative estimate of drug-likeness (QED) is 0.668. The van der Waals surface area contributed by atoms with Gasteiger partial charge in [0.2, 0.25) is 0 Å². The Morgan fingerprint density at radius 1 is 1.75 bits per heavy atom. The van der Waals surface area contributed by atoms with Crippen LogP contribution in [0.4, 0.5) is 0 Å². The maximum absolute atomic E-state index is 9.01. The van der Waals surface area contributed by atoms with Crippen LogP contribution >= 0.6 is 0 Å². The fourth-order valence-corrected chi connectivity index (χ4v) is 1.31. The Labute approximate surface area is 72.2 Å². The molecule has 0 aliphatic carbocycles. The first kappa shape index (κ1) is 9.22. The Hall–Kier alpha value is -0.870. The fraction of sp³-hybridized carbons (Fsp3) is 0.625. The van der Waals surface area contributed by atoms with Gasteiger partial charge >= 0.3 is 0 Å². The summed E-state index contributed by atoms with van der Waals surface area (Å²) >= 11 is 0. The van der Waals surface area contributed by atoms with Gasteiger partial charge in [0.25, 0.3) is 0 Å². The van der Waals surface area contributed by atoms with Crippen molar-refractivity contribution >= 4 is 0 Å². The molecule has 1 aromatic rings. The van der Waals surface area contributed by atoms with Crippen molar-refractivity contribution in [2.75, 3.05) is 13.7 Å². The van der Waals surface area contributed by atoms with Crippen LogP contribution in [-0.4, -0.2) is 28.5 Å². The maximum atomic E-state index is 9.01. The second-order valence-electron chi connectivity index (χ2n) is 2.87. The summed E-state index contributed by atoms with van der Waals surface area (Å²) in [5.74, 6) is 0. The van der Waals surface area contributed by atoms with Gasteiger partial charge in [0.15, 0.2) is 0 Å². The van der Waals surface area contributed by atoms with E-state index in [1.807, 2.05) is 27.2 Å². The fourth-order valence-electron chi connectivity index (χ4n) is 1.31. The molecule has 4 nitrogen and oxygen atoms in total. The van der Waals surface area contributed by atoms with Crippen LogP contribution in [0, 0.1) is 6.92 Å². The number of hydrogen-bond donors (Lipinski definition) is 2. The molecule has 0 spiro atoms. The third kappa shape index (κ3) is 1.65. The lowest BCUT2D eigenvalue weighted by molar-refractivity contribution is 0.250. The Morgan fingerprint density at radius 3 is 2.75 bits per heavy atom. The van der Waals surface area contributed by atoms with E-state index in [-0.39, 0.29) is 12.6 Å². The second kappa shape index (κ2) is 3.69. The summed E-state index contributed by atoms with van der Waals surface area (Å²) in [4.78, 5) is 0. The molecule has 1 aromatic heterocycles. The number of likely N-dealkylation sites (N-methyl/N-ethyl adjacent to an activating group) is 1. The molecular weight excluding hydrogens is 154 g/mol. The van der Waals surface area contributed by atoms with Crippen LogP contribution in [0.15, 0.2) is 6.20 Å². The summed E-state index contributed by atoms with van der Waals surface area (Å²) in [5, 5.41) is 16.2. The minimum atomic E-state index is -0.00120. The molecule has 1 heterocycles. The summed E-state index contributed by atoms with van der Waals surface area (Å²) in [6, 6.07) is -0.00120. The Bertz CT molecular complexity index is 253. The van der Waals surface area contributed by atoms with Gasteiger partial charge in [-0.1, -0.05) is 0 Å². The van der Waals surface area contributed by atoms with E-state index >= 15 is 0 Å². The average molecular weight is 169 g/mol. The zero-order chi connectivity index (χ0) is 9.14. The van der Waals surface area contributed by atoms with E-state index in [4.69, 9.17) is 5.11 Å². The lowest BCUT2D eigenvalue weighted by Crippen LogP contribution is -2.20. The highest BCUT2D eigenvalue weighted by molar-refractivity contribution is 5.19. The summed E-state index contributed by atoms with van der Waals surface area (Å²) in [6.07, 6.45) is 1.92. The lowest BCUT2D eigenvalue weighted by Gasteiger charge is -2.10. The molecule has 2 N–H and O–H groups in total. The Morgan fingerprint density at radius 2 is 2.42 bits per heavy atom. The number of nitrogens with zero attached hydrogens (tertiary/aromatic N) is 2. The number of rotatable bonds is 3. The zero-order valence-electron chi connectivity index (χ0n) is 7.70. The molecule has 0 saturated carbocycles. The summed E-state index contributed by atoms with van der Waals surface area (Å²) < 4.78 is 1.75. The van der Waals surface area contributed by atoms with Gasteiger partial charge in [-0.2, -0.15) is 5.10 Å². The Balaban J connectivity index is 2.91. The van der Waals surface area contributed by atoms with Crippen LogP contribution in [0.1, 0.15) is 17.3 Å². The highest BCUT2D eigenvalue weighted by atomic mass is 16.3. The molecule has 0 radical (unpaired) electrons. The Kier molecular flexibility index (Phi) is 2.83. The molecule has 0 aliphatic heterocycles. The van der Waals surface area contributed by atoms with Crippen molar-refractivity contribution in [2.24, 2.45) is 7.05 Å². The number of aromatic nitrogens is 2. The predicted molar refractivity (Wildman–Crippen MR) is 46.8 cm³/mol. The van der Waals surface area contributed by atoms with Gasteiger partial charge in [-0.05, 0) is 14.0 Å². The second-order valence-corrected chi connectivity index (χ2v) is 2.87. The largest absolute Gasteiger partial charge is 0.394 e. The maximum Gasteiger partial charge on any atom is 0.0642 e. The van der Waals surface area contributed by atoms with E-state index in [0.717, 1.165) is 11.3 Å². The minimum absolute atomic E-state index is 0.00120. The molecule has 1 rings (SSSR count). The highest BCUT2D eigenvalue weighted by Crippen LogP contribution is 2.14. The van der Waals surface area contributed by atoms with Crippen molar-refractivity contribution in [3.8, 4) is 0 Å². The monoisotopic (exact) mass is 169 g/mol. The van der Waals surface area contributed by atoms with Gasteiger partial charge in [0.1, 0.15) is 0 Å². The van der Waals surface area contributed by atoms with Crippen molar-refractivity contribution in [1.82, 2.24) is 15.1 Å². The molecule has 0 aromatic carbocycles. The first-order chi connectivity index (χ1) is 5.69. The third-order valence-electron chi connectivity index (χ3n) is 1.96. The van der Waals surface area contributed by atoms with E-state index in [9.17, 15) is 0 Å². The zero-order valence-corrected chi connectivity index (χ0v) is 7.70. The number of hydrogen-bond acceptors (Lipinski definition) is 3. The van der Waals surface area contributed by atoms with E-state index in [1.54, 1.807) is 4.68 Å². The first-order valence-corrected chi connectivity index (χ1v) is 3.97. The van der Waals surface area contributed by atoms with Crippen molar-refractivity contribution in [1.29, 1.82) is 0 Å². The van der Waals surface area contributed by atoms with Crippen molar-refractivity contribution < 1.29 is 5.11 Å². The van der Waals surface area contributed by atoms with E-state index in [0.29, 0.717) is 0 Å². The molecule has 0 aliphatic rings. The molecule has 0 bridgehead atoms. The van der Waals surface area contributed by atoms with Crippen LogP contribution in [0.25, 0.3) is 0 Å². The standard InChI is InChI=1S/C8H15N3O/c1-6-7(4-11(3)10-6)8(5-12)9-2/h4,8-9,12H,5H2,1-3H3. The van der Waals surface area contributed by atoms with Crippen molar-refractivity contribution in [3.05, 3.63) is 17.5 Å². The number of aliphatic hydroxyl groups excluding tert-OH is 1. The highest BCUT2D eigenvalue weighted by Gasteiger charge is 2.12. The first-order valence-electron chi connectivity index (χ1n) is 3.97. The molecule has 12 heavy (non-hydrogen) atoms. The molecule has 1 unspecified atom stereocenters. The molecule has 0 amide bonds. The van der Waals surface area contributed by atoms with Crippen LogP contribution in [0.2, 0.25) is 0 Å². The normalized spacial score (nSPS) is 13.3. The summed E-state index contributed by atoms with van der Waals surface area (Å²) in [5.41, 5.74) is 2.02. The van der Waals surface area contributed by atoms with Crippen LogP contribution in [0.3, 0.4) is 0 Å². The molecule has 68 valence electrons. The molecule has 0 saturated heterocycles. The van der Waals surface area contributed by atoms with Gasteiger partial charge in [0.05, 0.1) is 18.3 Å². The van der Waals surface area contributed by atoms with Gasteiger partial charge in [-0.25, -0.2) is 0 Å². The van der Waals surface area contributed by atoms with E-state index < -0.39 is 0 Å². The van der Waals surface area contributed by atoms with E-state index in [2.05, 4.69) is 10.4 Å². The average Bonchev–Trinajstić information content (AvgIpc) is 2.34. The van der Waals surface area contributed by atoms with Gasteiger partial charge in [-0.15, -0.1) is 0 Å². The SMILES string of the molecule is CNC(CO)c1cn(C)nc1C. The minimum Gasteiger partial charge on any atom is -0.394 e. The summed E-state index contributed by atoms with van der Waals surface area (Å²) in [6.45, 7) is 2.04. The van der Waals surface area contributed by atoms with Gasteiger partial charge in [0, 0.05) is 18.8 Å². The topological polar surface area (TPSA) is 50.1 Å². The van der Waals surface area contributed by atoms with Crippen LogP contribution in [-0.2, 0) is 7.05 Å². The van der Waals surface area contributed by atoms with Gasteiger partial charge in [-0.3, -0.25) is 4.68 Å².